The summed E-state index contributed by atoms with van der Waals surface area (Å²) in [4.78, 5) is 0. The third-order valence-corrected chi connectivity index (χ3v) is 4.48. The Morgan fingerprint density at radius 1 is 1.05 bits per heavy atom. The van der Waals surface area contributed by atoms with E-state index in [-0.39, 0.29) is 15.0 Å². The molecule has 0 saturated heterocycles. The zero-order chi connectivity index (χ0) is 14.0. The Balaban J connectivity index is 2.21. The summed E-state index contributed by atoms with van der Waals surface area (Å²) in [6.45, 7) is 0.469. The van der Waals surface area contributed by atoms with Crippen LogP contribution in [0.2, 0.25) is 0 Å². The van der Waals surface area contributed by atoms with E-state index in [1.54, 1.807) is 7.11 Å². The number of benzene rings is 2. The maximum absolute atomic E-state index is 5.00. The van der Waals surface area contributed by atoms with Gasteiger partial charge in [-0.25, -0.2) is 0 Å². The summed E-state index contributed by atoms with van der Waals surface area (Å²) in [5.41, 5.74) is 1.19. The molecule has 2 heteroatoms. The van der Waals surface area contributed by atoms with E-state index in [1.165, 1.54) is 10.0 Å². The second kappa shape index (κ2) is 8.40. The van der Waals surface area contributed by atoms with Gasteiger partial charge in [0.2, 0.25) is 0 Å². The summed E-state index contributed by atoms with van der Waals surface area (Å²) in [6.07, 6.45) is 2.16. The van der Waals surface area contributed by atoms with E-state index < -0.39 is 0 Å². The third-order valence-electron chi connectivity index (χ3n) is 2.50. The molecule has 0 heterocycles. The van der Waals surface area contributed by atoms with Gasteiger partial charge >= 0.3 is 126 Å². The molecule has 2 aromatic rings. The van der Waals surface area contributed by atoms with Crippen LogP contribution in [0.25, 0.3) is 6.08 Å². The van der Waals surface area contributed by atoms with E-state index >= 15 is 0 Å². The van der Waals surface area contributed by atoms with Crippen molar-refractivity contribution in [1.82, 2.24) is 0 Å². The van der Waals surface area contributed by atoms with Crippen LogP contribution >= 0.6 is 0 Å². The molecule has 0 spiro atoms. The van der Waals surface area contributed by atoms with Crippen LogP contribution in [0.15, 0.2) is 65.1 Å². The van der Waals surface area contributed by atoms with Crippen molar-refractivity contribution in [2.24, 2.45) is 0 Å². The van der Waals surface area contributed by atoms with Crippen molar-refractivity contribution in [1.29, 1.82) is 0 Å². The average Bonchev–Trinajstić information content (AvgIpc) is 2.49. The predicted octanol–water partition coefficient (Wildman–Crippen LogP) is 2.71. The van der Waals surface area contributed by atoms with Gasteiger partial charge in [-0.1, -0.05) is 0 Å². The Morgan fingerprint density at radius 3 is 2.35 bits per heavy atom. The molecular weight excluding hydrogens is 311 g/mol. The van der Waals surface area contributed by atoms with Crippen LogP contribution in [0.1, 0.15) is 5.56 Å². The fraction of sp³-hybridized carbons (Fsp3) is 0.111. The number of hydrogen-bond acceptors (Lipinski definition) is 1. The first kappa shape index (κ1) is 14.6. The van der Waals surface area contributed by atoms with Crippen molar-refractivity contribution in [3.63, 3.8) is 0 Å². The van der Waals surface area contributed by atoms with Gasteiger partial charge in [-0.15, -0.1) is 0 Å². The van der Waals surface area contributed by atoms with Gasteiger partial charge in [0.15, 0.2) is 0 Å². The van der Waals surface area contributed by atoms with E-state index in [0.29, 0.717) is 6.61 Å². The normalized spacial score (nSPS) is 10.8. The zero-order valence-corrected chi connectivity index (χ0v) is 13.1. The summed E-state index contributed by atoms with van der Waals surface area (Å²) in [5, 5.41) is 0. The monoisotopic (exact) mass is 328 g/mol. The summed E-state index contributed by atoms with van der Waals surface area (Å²) in [5.74, 6) is 6.28. The van der Waals surface area contributed by atoms with E-state index in [1.807, 2.05) is 24.3 Å². The average molecular weight is 327 g/mol. The minimum absolute atomic E-state index is 0.220. The molecule has 0 aromatic heterocycles. The molecule has 0 radical (unpaired) electrons. The number of ether oxygens (including phenoxy) is 1. The quantitative estimate of drug-likeness (QED) is 0.620. The molecule has 2 rings (SSSR count). The van der Waals surface area contributed by atoms with Crippen LogP contribution in [0.3, 0.4) is 0 Å². The summed E-state index contributed by atoms with van der Waals surface area (Å²) < 4.78 is 7.49. The first-order chi connectivity index (χ1) is 9.88. The van der Waals surface area contributed by atoms with E-state index in [2.05, 4.69) is 54.3 Å². The van der Waals surface area contributed by atoms with Gasteiger partial charge in [0.1, 0.15) is 0 Å². The minimum atomic E-state index is 0.220. The second-order valence-corrected chi connectivity index (χ2v) is 6.41. The van der Waals surface area contributed by atoms with Crippen LogP contribution in [-0.4, -0.2) is 28.7 Å². The number of rotatable bonds is 4. The van der Waals surface area contributed by atoms with Gasteiger partial charge < -0.3 is 0 Å². The first-order valence-corrected chi connectivity index (χ1v) is 8.07. The summed E-state index contributed by atoms with van der Waals surface area (Å²) in [7, 11) is 1.66. The van der Waals surface area contributed by atoms with Gasteiger partial charge in [0, 0.05) is 0 Å². The Morgan fingerprint density at radius 2 is 1.70 bits per heavy atom. The van der Waals surface area contributed by atoms with Crippen LogP contribution < -0.4 is 4.46 Å². The van der Waals surface area contributed by atoms with Crippen molar-refractivity contribution >= 4 is 25.5 Å². The van der Waals surface area contributed by atoms with Crippen molar-refractivity contribution in [3.05, 3.63) is 70.7 Å². The van der Waals surface area contributed by atoms with Crippen molar-refractivity contribution in [3.8, 4) is 11.8 Å². The van der Waals surface area contributed by atoms with Crippen LogP contribution in [-0.2, 0) is 4.74 Å². The molecule has 0 N–H and O–H groups in total. The van der Waals surface area contributed by atoms with Gasteiger partial charge in [0.25, 0.3) is 0 Å². The van der Waals surface area contributed by atoms with Crippen molar-refractivity contribution in [2.75, 3.05) is 13.7 Å². The molecule has 0 unspecified atom stereocenters. The third kappa shape index (κ3) is 5.07. The summed E-state index contributed by atoms with van der Waals surface area (Å²) in [6, 6.07) is 20.8. The molecule has 0 fully saturated rings. The molecular formula is C18H16OSe. The molecule has 0 saturated carbocycles. The van der Waals surface area contributed by atoms with Crippen LogP contribution in [0, 0.1) is 11.8 Å². The molecule has 0 atom stereocenters. The van der Waals surface area contributed by atoms with E-state index in [9.17, 15) is 0 Å². The molecule has 0 bridgehead atoms. The molecule has 0 aliphatic carbocycles. The van der Waals surface area contributed by atoms with Gasteiger partial charge in [0.05, 0.1) is 0 Å². The maximum atomic E-state index is 5.00. The Hall–Kier alpha value is -1.78. The van der Waals surface area contributed by atoms with Gasteiger partial charge in [-0.05, 0) is 0 Å². The van der Waals surface area contributed by atoms with Crippen LogP contribution in [0.5, 0.6) is 0 Å². The number of allylic oxidation sites excluding steroid dienone is 1. The zero-order valence-electron chi connectivity index (χ0n) is 11.4. The SMILES string of the molecule is COCC#C/C(=C/c1ccccc1)[Se]c1ccccc1. The Bertz CT molecular complexity index is 606. The molecule has 20 heavy (non-hydrogen) atoms. The standard InChI is InChI=1S/C18H16OSe/c1-19-14-8-13-18(15-16-9-4-2-5-10-16)20-17-11-6-3-7-12-17/h2-7,9-12,15H,14H2,1H3/b18-15-. The molecule has 0 aliphatic heterocycles. The topological polar surface area (TPSA) is 9.23 Å². The fourth-order valence-electron chi connectivity index (χ4n) is 1.60. The molecule has 0 aliphatic rings. The Labute approximate surface area is 126 Å². The van der Waals surface area contributed by atoms with E-state index in [4.69, 9.17) is 4.74 Å². The molecule has 100 valence electrons. The molecule has 2 aromatic carbocycles. The summed E-state index contributed by atoms with van der Waals surface area (Å²) >= 11 is 0.220. The van der Waals surface area contributed by atoms with Crippen molar-refractivity contribution in [2.45, 2.75) is 0 Å². The number of hydrogen-bond donors (Lipinski definition) is 0. The molecule has 0 amide bonds. The first-order valence-electron chi connectivity index (χ1n) is 6.36. The van der Waals surface area contributed by atoms with Crippen LogP contribution in [0.4, 0.5) is 0 Å². The molecule has 1 nitrogen and oxygen atoms in total. The van der Waals surface area contributed by atoms with E-state index in [0.717, 1.165) is 4.47 Å². The van der Waals surface area contributed by atoms with Crippen molar-refractivity contribution < 1.29 is 4.74 Å². The second-order valence-electron chi connectivity index (χ2n) is 4.07. The number of methoxy groups -OCH3 is 1. The Kier molecular flexibility index (Phi) is 6.14. The fourth-order valence-corrected chi connectivity index (χ4v) is 3.42. The van der Waals surface area contributed by atoms with Gasteiger partial charge in [-0.2, -0.15) is 0 Å². The van der Waals surface area contributed by atoms with Gasteiger partial charge in [-0.3, -0.25) is 0 Å². The predicted molar refractivity (Wildman–Crippen MR) is 85.9 cm³/mol.